The number of piperazine rings is 1. The lowest BCUT2D eigenvalue weighted by Gasteiger charge is -2.38. The summed E-state index contributed by atoms with van der Waals surface area (Å²) in [5, 5.41) is 0. The van der Waals surface area contributed by atoms with Gasteiger partial charge < -0.3 is 4.90 Å². The first-order valence-electron chi connectivity index (χ1n) is 9.05. The standard InChI is InChI=1S/C21H23FN2O/c22-18-8-5-16(6-9-18)15-21(25)24-13-11-23(12-14-24)20-10-7-17-3-1-2-4-19(17)20/h1-6,8-9,20H,7,10-15H2. The molecule has 1 atom stereocenters. The summed E-state index contributed by atoms with van der Waals surface area (Å²) in [6, 6.07) is 15.4. The number of aryl methyl sites for hydroxylation is 1. The van der Waals surface area contributed by atoms with Gasteiger partial charge in [-0.3, -0.25) is 9.69 Å². The highest BCUT2D eigenvalue weighted by Gasteiger charge is 2.30. The Morgan fingerprint density at radius 1 is 1.00 bits per heavy atom. The van der Waals surface area contributed by atoms with Crippen molar-refractivity contribution in [3.63, 3.8) is 0 Å². The molecule has 2 aliphatic rings. The van der Waals surface area contributed by atoms with Crippen molar-refractivity contribution in [3.05, 3.63) is 71.0 Å². The van der Waals surface area contributed by atoms with Crippen LogP contribution in [-0.2, 0) is 17.6 Å². The van der Waals surface area contributed by atoms with Crippen molar-refractivity contribution in [3.8, 4) is 0 Å². The van der Waals surface area contributed by atoms with E-state index in [1.807, 2.05) is 4.90 Å². The average Bonchev–Trinajstić information content (AvgIpc) is 3.08. The zero-order valence-electron chi connectivity index (χ0n) is 14.3. The maximum atomic E-state index is 13.0. The molecule has 0 bridgehead atoms. The number of hydrogen-bond donors (Lipinski definition) is 0. The lowest BCUT2D eigenvalue weighted by Crippen LogP contribution is -2.49. The Hall–Kier alpha value is -2.20. The molecule has 0 aromatic heterocycles. The molecule has 0 saturated carbocycles. The molecule has 1 amide bonds. The van der Waals surface area contributed by atoms with Crippen molar-refractivity contribution in [1.29, 1.82) is 0 Å². The number of carbonyl (C=O) groups excluding carboxylic acids is 1. The van der Waals surface area contributed by atoms with Gasteiger partial charge in [-0.05, 0) is 41.7 Å². The van der Waals surface area contributed by atoms with Crippen LogP contribution >= 0.6 is 0 Å². The van der Waals surface area contributed by atoms with E-state index in [1.165, 1.54) is 29.7 Å². The van der Waals surface area contributed by atoms with Crippen LogP contribution in [0.2, 0.25) is 0 Å². The van der Waals surface area contributed by atoms with Crippen LogP contribution < -0.4 is 0 Å². The summed E-state index contributed by atoms with van der Waals surface area (Å²) in [4.78, 5) is 17.0. The van der Waals surface area contributed by atoms with Crippen molar-refractivity contribution in [2.24, 2.45) is 0 Å². The van der Waals surface area contributed by atoms with E-state index in [4.69, 9.17) is 0 Å². The third-order valence-electron chi connectivity index (χ3n) is 5.48. The van der Waals surface area contributed by atoms with E-state index in [0.717, 1.165) is 38.2 Å². The number of nitrogens with zero attached hydrogens (tertiary/aromatic N) is 2. The molecular weight excluding hydrogens is 315 g/mol. The van der Waals surface area contributed by atoms with Crippen LogP contribution in [0.3, 0.4) is 0 Å². The molecule has 0 N–H and O–H groups in total. The summed E-state index contributed by atoms with van der Waals surface area (Å²) in [5.74, 6) is -0.125. The lowest BCUT2D eigenvalue weighted by molar-refractivity contribution is -0.132. The van der Waals surface area contributed by atoms with E-state index in [9.17, 15) is 9.18 Å². The summed E-state index contributed by atoms with van der Waals surface area (Å²) in [6.07, 6.45) is 2.69. The molecule has 1 aliphatic heterocycles. The van der Waals surface area contributed by atoms with E-state index in [1.54, 1.807) is 12.1 Å². The SMILES string of the molecule is O=C(Cc1ccc(F)cc1)N1CCN(C2CCc3ccccc32)CC1. The second kappa shape index (κ2) is 6.96. The van der Waals surface area contributed by atoms with Gasteiger partial charge in [-0.25, -0.2) is 4.39 Å². The molecule has 2 aromatic carbocycles. The first kappa shape index (κ1) is 16.3. The molecule has 0 radical (unpaired) electrons. The second-order valence-corrected chi connectivity index (χ2v) is 6.97. The molecule has 1 aliphatic carbocycles. The van der Waals surface area contributed by atoms with Crippen LogP contribution in [0.4, 0.5) is 4.39 Å². The summed E-state index contributed by atoms with van der Waals surface area (Å²) in [5.41, 5.74) is 3.81. The highest BCUT2D eigenvalue weighted by Crippen LogP contribution is 2.35. The van der Waals surface area contributed by atoms with Gasteiger partial charge in [0.15, 0.2) is 0 Å². The number of amides is 1. The van der Waals surface area contributed by atoms with Gasteiger partial charge in [-0.1, -0.05) is 36.4 Å². The third-order valence-corrected chi connectivity index (χ3v) is 5.48. The molecule has 2 aromatic rings. The Morgan fingerprint density at radius 2 is 1.72 bits per heavy atom. The summed E-state index contributed by atoms with van der Waals surface area (Å²) in [6.45, 7) is 3.40. The summed E-state index contributed by atoms with van der Waals surface area (Å²) < 4.78 is 13.0. The molecule has 130 valence electrons. The Kier molecular flexibility index (Phi) is 4.53. The molecule has 1 saturated heterocycles. The molecule has 1 unspecified atom stereocenters. The quantitative estimate of drug-likeness (QED) is 0.858. The molecule has 3 nitrogen and oxygen atoms in total. The van der Waals surface area contributed by atoms with Crippen molar-refractivity contribution in [2.75, 3.05) is 26.2 Å². The maximum absolute atomic E-state index is 13.0. The topological polar surface area (TPSA) is 23.6 Å². The molecule has 4 heteroatoms. The Morgan fingerprint density at radius 3 is 2.48 bits per heavy atom. The fourth-order valence-electron chi connectivity index (χ4n) is 4.09. The Bertz CT molecular complexity index is 751. The van der Waals surface area contributed by atoms with Gasteiger partial charge in [0.2, 0.25) is 5.91 Å². The van der Waals surface area contributed by atoms with Gasteiger partial charge in [0.05, 0.1) is 6.42 Å². The minimum Gasteiger partial charge on any atom is -0.340 e. The van der Waals surface area contributed by atoms with Crippen molar-refractivity contribution >= 4 is 5.91 Å². The van der Waals surface area contributed by atoms with Crippen LogP contribution in [-0.4, -0.2) is 41.9 Å². The fraction of sp³-hybridized carbons (Fsp3) is 0.381. The normalized spacial score (nSPS) is 20.5. The van der Waals surface area contributed by atoms with E-state index < -0.39 is 0 Å². The van der Waals surface area contributed by atoms with E-state index in [-0.39, 0.29) is 11.7 Å². The Balaban J connectivity index is 1.34. The van der Waals surface area contributed by atoms with E-state index in [0.29, 0.717) is 12.5 Å². The maximum Gasteiger partial charge on any atom is 0.227 e. The number of rotatable bonds is 3. The predicted octanol–water partition coefficient (Wildman–Crippen LogP) is 3.20. The fourth-order valence-corrected chi connectivity index (χ4v) is 4.09. The van der Waals surface area contributed by atoms with E-state index in [2.05, 4.69) is 29.2 Å². The van der Waals surface area contributed by atoms with Gasteiger partial charge in [-0.2, -0.15) is 0 Å². The average molecular weight is 338 g/mol. The van der Waals surface area contributed by atoms with Gasteiger partial charge >= 0.3 is 0 Å². The zero-order valence-corrected chi connectivity index (χ0v) is 14.3. The Labute approximate surface area is 148 Å². The van der Waals surface area contributed by atoms with E-state index >= 15 is 0 Å². The second-order valence-electron chi connectivity index (χ2n) is 6.97. The molecule has 4 rings (SSSR count). The van der Waals surface area contributed by atoms with Crippen molar-refractivity contribution < 1.29 is 9.18 Å². The number of carbonyl (C=O) groups is 1. The molecular formula is C21H23FN2O. The number of fused-ring (bicyclic) bond motifs is 1. The van der Waals surface area contributed by atoms with Crippen LogP contribution in [0.5, 0.6) is 0 Å². The first-order chi connectivity index (χ1) is 12.2. The number of halogens is 1. The minimum atomic E-state index is -0.262. The largest absolute Gasteiger partial charge is 0.340 e. The summed E-state index contributed by atoms with van der Waals surface area (Å²) in [7, 11) is 0. The molecule has 0 spiro atoms. The van der Waals surface area contributed by atoms with Crippen LogP contribution in [0.1, 0.15) is 29.2 Å². The van der Waals surface area contributed by atoms with Crippen LogP contribution in [0.15, 0.2) is 48.5 Å². The van der Waals surface area contributed by atoms with Crippen molar-refractivity contribution in [1.82, 2.24) is 9.80 Å². The van der Waals surface area contributed by atoms with Gasteiger partial charge in [0.25, 0.3) is 0 Å². The van der Waals surface area contributed by atoms with Crippen LogP contribution in [0.25, 0.3) is 0 Å². The van der Waals surface area contributed by atoms with Crippen molar-refractivity contribution in [2.45, 2.75) is 25.3 Å². The van der Waals surface area contributed by atoms with Gasteiger partial charge in [-0.15, -0.1) is 0 Å². The summed E-state index contributed by atoms with van der Waals surface area (Å²) >= 11 is 0. The zero-order chi connectivity index (χ0) is 17.2. The highest BCUT2D eigenvalue weighted by atomic mass is 19.1. The molecule has 1 fully saturated rings. The highest BCUT2D eigenvalue weighted by molar-refractivity contribution is 5.78. The van der Waals surface area contributed by atoms with Gasteiger partial charge in [0.1, 0.15) is 5.82 Å². The third kappa shape index (κ3) is 3.45. The van der Waals surface area contributed by atoms with Crippen LogP contribution in [0, 0.1) is 5.82 Å². The smallest absolute Gasteiger partial charge is 0.227 e. The molecule has 25 heavy (non-hydrogen) atoms. The number of benzene rings is 2. The minimum absolute atomic E-state index is 0.137. The molecule has 1 heterocycles. The monoisotopic (exact) mass is 338 g/mol. The number of hydrogen-bond acceptors (Lipinski definition) is 2. The lowest BCUT2D eigenvalue weighted by atomic mass is 10.1. The predicted molar refractivity (Wildman–Crippen MR) is 95.8 cm³/mol. The van der Waals surface area contributed by atoms with Gasteiger partial charge in [0, 0.05) is 32.2 Å². The first-order valence-corrected chi connectivity index (χ1v) is 9.05.